The first-order valence-electron chi connectivity index (χ1n) is 10.2. The van der Waals surface area contributed by atoms with Gasteiger partial charge in [0.1, 0.15) is 11.5 Å². The summed E-state index contributed by atoms with van der Waals surface area (Å²) in [6.45, 7) is 7.38. The van der Waals surface area contributed by atoms with Crippen LogP contribution in [0, 0.1) is 32.4 Å². The monoisotopic (exact) mass is 421 g/mol. The molecule has 0 atom stereocenters. The quantitative estimate of drug-likeness (QED) is 0.422. The van der Waals surface area contributed by atoms with Gasteiger partial charge in [0.2, 0.25) is 0 Å². The van der Waals surface area contributed by atoms with Gasteiger partial charge in [-0.25, -0.2) is 13.5 Å². The molecule has 31 heavy (non-hydrogen) atoms. The summed E-state index contributed by atoms with van der Waals surface area (Å²) in [5, 5.41) is 15.4. The first kappa shape index (κ1) is 20.9. The van der Waals surface area contributed by atoms with Gasteiger partial charge in [-0.1, -0.05) is 24.3 Å². The maximum Gasteiger partial charge on any atom is 0.151 e. The van der Waals surface area contributed by atoms with Crippen molar-refractivity contribution in [3.8, 4) is 16.9 Å². The van der Waals surface area contributed by atoms with Crippen LogP contribution in [-0.4, -0.2) is 26.5 Å². The zero-order chi connectivity index (χ0) is 22.0. The Morgan fingerprint density at radius 3 is 2.58 bits per heavy atom. The maximum absolute atomic E-state index is 14.4. The molecule has 0 bridgehead atoms. The van der Waals surface area contributed by atoms with E-state index in [1.54, 1.807) is 6.20 Å². The van der Waals surface area contributed by atoms with Crippen LogP contribution in [0.3, 0.4) is 0 Å². The normalized spacial score (nSPS) is 11.3. The van der Waals surface area contributed by atoms with Crippen LogP contribution in [0.5, 0.6) is 0 Å². The van der Waals surface area contributed by atoms with Gasteiger partial charge in [-0.2, -0.15) is 10.2 Å². The largest absolute Gasteiger partial charge is 0.312 e. The number of H-pyrrole nitrogens is 1. The highest BCUT2D eigenvalue weighted by Crippen LogP contribution is 2.27. The summed E-state index contributed by atoms with van der Waals surface area (Å²) >= 11 is 0. The molecule has 0 fully saturated rings. The van der Waals surface area contributed by atoms with Crippen molar-refractivity contribution >= 4 is 0 Å². The molecule has 2 N–H and O–H groups in total. The Bertz CT molecular complexity index is 1190. The van der Waals surface area contributed by atoms with Crippen molar-refractivity contribution in [2.24, 2.45) is 0 Å². The number of hydrogen-bond acceptors (Lipinski definition) is 3. The van der Waals surface area contributed by atoms with E-state index in [-0.39, 0.29) is 5.69 Å². The molecule has 4 aromatic rings. The Morgan fingerprint density at radius 2 is 1.87 bits per heavy atom. The average molecular weight is 421 g/mol. The second-order valence-corrected chi connectivity index (χ2v) is 7.70. The fourth-order valence-corrected chi connectivity index (χ4v) is 3.77. The topological polar surface area (TPSA) is 58.5 Å². The van der Waals surface area contributed by atoms with E-state index in [0.717, 1.165) is 52.8 Å². The number of nitrogens with zero attached hydrogens (tertiary/aromatic N) is 3. The molecular formula is C24H25F2N5. The fraction of sp³-hybridized carbons (Fsp3) is 0.250. The summed E-state index contributed by atoms with van der Waals surface area (Å²) < 4.78 is 29.2. The van der Waals surface area contributed by atoms with E-state index in [2.05, 4.69) is 20.6 Å². The molecule has 0 spiro atoms. The van der Waals surface area contributed by atoms with E-state index in [9.17, 15) is 8.78 Å². The van der Waals surface area contributed by atoms with Crippen molar-refractivity contribution in [1.29, 1.82) is 0 Å². The van der Waals surface area contributed by atoms with Crippen LogP contribution in [0.15, 0.2) is 48.7 Å². The lowest BCUT2D eigenvalue weighted by atomic mass is 10.0. The number of hydrogen-bond donors (Lipinski definition) is 2. The van der Waals surface area contributed by atoms with Gasteiger partial charge in [-0.15, -0.1) is 0 Å². The molecule has 2 aromatic carbocycles. The lowest BCUT2D eigenvalue weighted by molar-refractivity contribution is 0.573. The van der Waals surface area contributed by atoms with Crippen LogP contribution < -0.4 is 5.32 Å². The van der Waals surface area contributed by atoms with Crippen molar-refractivity contribution < 1.29 is 8.78 Å². The minimum absolute atomic E-state index is 0.215. The smallest absolute Gasteiger partial charge is 0.151 e. The van der Waals surface area contributed by atoms with Crippen LogP contribution in [0.25, 0.3) is 16.9 Å². The van der Waals surface area contributed by atoms with E-state index >= 15 is 0 Å². The molecule has 0 saturated heterocycles. The molecule has 2 heterocycles. The second-order valence-electron chi connectivity index (χ2n) is 7.70. The first-order valence-corrected chi connectivity index (χ1v) is 10.2. The van der Waals surface area contributed by atoms with Crippen molar-refractivity contribution in [3.63, 3.8) is 0 Å². The highest BCUT2D eigenvalue weighted by Gasteiger charge is 2.16. The van der Waals surface area contributed by atoms with E-state index in [1.165, 1.54) is 22.4 Å². The highest BCUT2D eigenvalue weighted by atomic mass is 19.1. The van der Waals surface area contributed by atoms with Gasteiger partial charge < -0.3 is 5.32 Å². The Labute approximate surface area is 180 Å². The minimum Gasteiger partial charge on any atom is -0.312 e. The Balaban J connectivity index is 1.60. The van der Waals surface area contributed by atoms with Crippen molar-refractivity contribution in [2.75, 3.05) is 6.54 Å². The Morgan fingerprint density at radius 1 is 1.06 bits per heavy atom. The van der Waals surface area contributed by atoms with E-state index in [1.807, 2.05) is 45.0 Å². The van der Waals surface area contributed by atoms with E-state index in [4.69, 9.17) is 0 Å². The molecule has 2 aromatic heterocycles. The SMILES string of the molecule is Cc1ccccc1-c1nn(-c2ccc(F)cc2F)cc1CNCCc1c(C)n[nH]c1C. The summed E-state index contributed by atoms with van der Waals surface area (Å²) in [5.41, 5.74) is 7.32. The van der Waals surface area contributed by atoms with Crippen LogP contribution in [-0.2, 0) is 13.0 Å². The molecule has 4 rings (SSSR count). The third-order valence-corrected chi connectivity index (χ3v) is 5.49. The molecule has 0 amide bonds. The predicted molar refractivity (Wildman–Crippen MR) is 117 cm³/mol. The summed E-state index contributed by atoms with van der Waals surface area (Å²) in [6, 6.07) is 11.5. The second kappa shape index (κ2) is 8.81. The Hall–Kier alpha value is -3.32. The molecule has 0 unspecified atom stereocenters. The molecule has 0 saturated carbocycles. The number of nitrogens with one attached hydrogen (secondary N) is 2. The third-order valence-electron chi connectivity index (χ3n) is 5.49. The van der Waals surface area contributed by atoms with E-state index < -0.39 is 11.6 Å². The zero-order valence-corrected chi connectivity index (χ0v) is 17.8. The first-order chi connectivity index (χ1) is 14.9. The number of benzene rings is 2. The summed E-state index contributed by atoms with van der Waals surface area (Å²) in [4.78, 5) is 0. The molecule has 0 aliphatic carbocycles. The van der Waals surface area contributed by atoms with Crippen molar-refractivity contribution in [3.05, 3.63) is 88.4 Å². The molecule has 7 heteroatoms. The van der Waals surface area contributed by atoms with Gasteiger partial charge in [0.05, 0.1) is 11.4 Å². The molecule has 0 radical (unpaired) electrons. The number of aromatic nitrogens is 4. The molecule has 160 valence electrons. The summed E-state index contributed by atoms with van der Waals surface area (Å²) in [6.07, 6.45) is 2.66. The average Bonchev–Trinajstić information content (AvgIpc) is 3.29. The van der Waals surface area contributed by atoms with Crippen molar-refractivity contribution in [2.45, 2.75) is 33.7 Å². The highest BCUT2D eigenvalue weighted by molar-refractivity contribution is 5.66. The molecule has 0 aliphatic heterocycles. The maximum atomic E-state index is 14.4. The standard InChI is InChI=1S/C24H25F2N5/c1-15-6-4-5-7-20(15)24-18(13-27-11-10-21-16(2)28-29-17(21)3)14-31(30-24)23-9-8-19(25)12-22(23)26/h4-9,12,14,27H,10-11,13H2,1-3H3,(H,28,29). The Kier molecular flexibility index (Phi) is 5.95. The lowest BCUT2D eigenvalue weighted by Crippen LogP contribution is -2.17. The van der Waals surface area contributed by atoms with Crippen molar-refractivity contribution in [1.82, 2.24) is 25.3 Å². The summed E-state index contributed by atoms with van der Waals surface area (Å²) in [5.74, 6) is -1.26. The molecular weight excluding hydrogens is 396 g/mol. The van der Waals surface area contributed by atoms with Crippen LogP contribution in [0.1, 0.15) is 28.1 Å². The predicted octanol–water partition coefficient (Wildman–Crippen LogP) is 4.80. The fourth-order valence-electron chi connectivity index (χ4n) is 3.77. The van der Waals surface area contributed by atoms with Gasteiger partial charge in [0, 0.05) is 35.6 Å². The van der Waals surface area contributed by atoms with Gasteiger partial charge in [-0.3, -0.25) is 5.10 Å². The molecule has 0 aliphatic rings. The van der Waals surface area contributed by atoms with E-state index in [0.29, 0.717) is 6.54 Å². The van der Waals surface area contributed by atoms with Crippen LogP contribution >= 0.6 is 0 Å². The van der Waals surface area contributed by atoms with Crippen LogP contribution in [0.2, 0.25) is 0 Å². The summed E-state index contributed by atoms with van der Waals surface area (Å²) in [7, 11) is 0. The van der Waals surface area contributed by atoms with Gasteiger partial charge in [-0.05, 0) is 57.0 Å². The number of aryl methyl sites for hydroxylation is 3. The lowest BCUT2D eigenvalue weighted by Gasteiger charge is -2.07. The van der Waals surface area contributed by atoms with Gasteiger partial charge >= 0.3 is 0 Å². The number of rotatable bonds is 7. The third kappa shape index (κ3) is 4.41. The zero-order valence-electron chi connectivity index (χ0n) is 17.8. The van der Waals surface area contributed by atoms with Crippen LogP contribution in [0.4, 0.5) is 8.78 Å². The van der Waals surface area contributed by atoms with Gasteiger partial charge in [0.25, 0.3) is 0 Å². The van der Waals surface area contributed by atoms with Gasteiger partial charge in [0.15, 0.2) is 5.82 Å². The minimum atomic E-state index is -0.649. The number of aromatic amines is 1. The molecule has 5 nitrogen and oxygen atoms in total. The number of halogens is 2.